The van der Waals surface area contributed by atoms with Gasteiger partial charge in [-0.2, -0.15) is 0 Å². The third kappa shape index (κ3) is 3.92. The van der Waals surface area contributed by atoms with Crippen LogP contribution in [0.1, 0.15) is 15.2 Å². The quantitative estimate of drug-likeness (QED) is 0.582. The summed E-state index contributed by atoms with van der Waals surface area (Å²) in [5, 5.41) is 4.12. The first kappa shape index (κ1) is 18.9. The Kier molecular flexibility index (Phi) is 5.65. The molecule has 0 bridgehead atoms. The Morgan fingerprint density at radius 1 is 1.23 bits per heavy atom. The highest BCUT2D eigenvalue weighted by atomic mass is 79.9. The highest BCUT2D eigenvalue weighted by molar-refractivity contribution is 9.10. The molecule has 7 heteroatoms. The van der Waals surface area contributed by atoms with Gasteiger partial charge in [-0.15, -0.1) is 11.3 Å². The highest BCUT2D eigenvalue weighted by Crippen LogP contribution is 2.35. The predicted octanol–water partition coefficient (Wildman–Crippen LogP) is 5.34. The number of thiophene rings is 1. The van der Waals surface area contributed by atoms with Crippen LogP contribution in [-0.4, -0.2) is 30.3 Å². The van der Waals surface area contributed by atoms with Gasteiger partial charge in [-0.1, -0.05) is 45.7 Å². The number of carbonyl (C=O) groups excluding carboxylic acids is 2. The Morgan fingerprint density at radius 2 is 1.96 bits per heavy atom. The van der Waals surface area contributed by atoms with Crippen molar-refractivity contribution in [1.82, 2.24) is 4.90 Å². The van der Waals surface area contributed by atoms with Crippen molar-refractivity contribution in [2.45, 2.75) is 6.92 Å². The van der Waals surface area contributed by atoms with E-state index in [4.69, 9.17) is 11.6 Å². The number of nitrogens with zero attached hydrogens (tertiary/aromatic N) is 1. The highest BCUT2D eigenvalue weighted by Gasteiger charge is 2.21. The fourth-order valence-corrected chi connectivity index (χ4v) is 4.55. The summed E-state index contributed by atoms with van der Waals surface area (Å²) in [5.74, 6) is -0.526. The van der Waals surface area contributed by atoms with Crippen molar-refractivity contribution in [1.29, 1.82) is 0 Å². The number of hydrogen-bond acceptors (Lipinski definition) is 3. The average Bonchev–Trinajstić information content (AvgIpc) is 2.94. The van der Waals surface area contributed by atoms with Crippen molar-refractivity contribution in [3.05, 3.63) is 62.4 Å². The standard InChI is InChI=1S/C19H16BrClN2O2S/c1-11-9-12(20)7-8-14(11)22-16(24)10-23(2)19(25)18-17(21)13-5-3-4-6-15(13)26-18/h3-9H,10H2,1-2H3,(H,22,24). The summed E-state index contributed by atoms with van der Waals surface area (Å²) in [4.78, 5) is 26.8. The Balaban J connectivity index is 1.72. The third-order valence-corrected chi connectivity index (χ3v) is 6.08. The summed E-state index contributed by atoms with van der Waals surface area (Å²) in [6.07, 6.45) is 0. The van der Waals surface area contributed by atoms with Gasteiger partial charge in [0.2, 0.25) is 5.91 Å². The number of halogens is 2. The maximum Gasteiger partial charge on any atom is 0.265 e. The van der Waals surface area contributed by atoms with E-state index in [-0.39, 0.29) is 18.4 Å². The van der Waals surface area contributed by atoms with E-state index in [1.54, 1.807) is 7.05 Å². The van der Waals surface area contributed by atoms with Crippen molar-refractivity contribution in [3.8, 4) is 0 Å². The zero-order valence-electron chi connectivity index (χ0n) is 14.2. The second-order valence-corrected chi connectivity index (χ2v) is 8.26. The number of nitrogens with one attached hydrogen (secondary N) is 1. The first-order chi connectivity index (χ1) is 12.4. The van der Waals surface area contributed by atoms with E-state index < -0.39 is 0 Å². The SMILES string of the molecule is Cc1cc(Br)ccc1NC(=O)CN(C)C(=O)c1sc2ccccc2c1Cl. The molecule has 2 amide bonds. The van der Waals surface area contributed by atoms with Gasteiger partial charge >= 0.3 is 0 Å². The van der Waals surface area contributed by atoms with E-state index in [9.17, 15) is 9.59 Å². The maximum atomic E-state index is 12.7. The number of benzene rings is 2. The van der Waals surface area contributed by atoms with Crippen LogP contribution in [0.2, 0.25) is 5.02 Å². The van der Waals surface area contributed by atoms with Crippen molar-refractivity contribution < 1.29 is 9.59 Å². The van der Waals surface area contributed by atoms with Crippen molar-refractivity contribution >= 4 is 66.5 Å². The Labute approximate surface area is 168 Å². The van der Waals surface area contributed by atoms with Crippen LogP contribution in [0.3, 0.4) is 0 Å². The third-order valence-electron chi connectivity index (χ3n) is 3.92. The lowest BCUT2D eigenvalue weighted by Crippen LogP contribution is -2.34. The number of carbonyl (C=O) groups is 2. The predicted molar refractivity (Wildman–Crippen MR) is 111 cm³/mol. The molecule has 26 heavy (non-hydrogen) atoms. The Hall–Kier alpha value is -1.89. The van der Waals surface area contributed by atoms with Gasteiger partial charge in [0.1, 0.15) is 4.88 Å². The zero-order chi connectivity index (χ0) is 18.8. The van der Waals surface area contributed by atoms with Crippen LogP contribution < -0.4 is 5.32 Å². The van der Waals surface area contributed by atoms with Gasteiger partial charge in [0.25, 0.3) is 5.91 Å². The minimum Gasteiger partial charge on any atom is -0.332 e. The molecule has 0 aliphatic carbocycles. The molecule has 0 saturated carbocycles. The smallest absolute Gasteiger partial charge is 0.265 e. The first-order valence-electron chi connectivity index (χ1n) is 7.85. The summed E-state index contributed by atoms with van der Waals surface area (Å²) in [6, 6.07) is 13.2. The molecule has 0 spiro atoms. The van der Waals surface area contributed by atoms with Gasteiger partial charge in [-0.25, -0.2) is 0 Å². The second kappa shape index (κ2) is 7.78. The molecule has 0 atom stereocenters. The molecule has 2 aromatic carbocycles. The van der Waals surface area contributed by atoms with E-state index in [0.717, 1.165) is 25.8 Å². The molecule has 0 fully saturated rings. The minimum absolute atomic E-state index is 0.0566. The van der Waals surface area contributed by atoms with Crippen LogP contribution in [0.25, 0.3) is 10.1 Å². The zero-order valence-corrected chi connectivity index (χ0v) is 17.3. The minimum atomic E-state index is -0.265. The molecule has 3 aromatic rings. The normalized spacial score (nSPS) is 10.8. The van der Waals surface area contributed by atoms with Gasteiger partial charge in [0, 0.05) is 27.3 Å². The summed E-state index contributed by atoms with van der Waals surface area (Å²) < 4.78 is 1.89. The number of aryl methyl sites for hydroxylation is 1. The van der Waals surface area contributed by atoms with E-state index in [1.165, 1.54) is 16.2 Å². The average molecular weight is 452 g/mol. The summed E-state index contributed by atoms with van der Waals surface area (Å²) in [5.41, 5.74) is 1.66. The summed E-state index contributed by atoms with van der Waals surface area (Å²) in [7, 11) is 1.59. The lowest BCUT2D eigenvalue weighted by molar-refractivity contribution is -0.116. The van der Waals surface area contributed by atoms with E-state index >= 15 is 0 Å². The fourth-order valence-electron chi connectivity index (χ4n) is 2.57. The van der Waals surface area contributed by atoms with Gasteiger partial charge in [0.05, 0.1) is 11.6 Å². The van der Waals surface area contributed by atoms with Crippen LogP contribution in [0.15, 0.2) is 46.9 Å². The van der Waals surface area contributed by atoms with Crippen LogP contribution in [-0.2, 0) is 4.79 Å². The lowest BCUT2D eigenvalue weighted by Gasteiger charge is -2.17. The van der Waals surface area contributed by atoms with Gasteiger partial charge in [-0.05, 0) is 36.8 Å². The molecule has 4 nitrogen and oxygen atoms in total. The number of anilines is 1. The first-order valence-corrected chi connectivity index (χ1v) is 9.84. The fraction of sp³-hybridized carbons (Fsp3) is 0.158. The Bertz CT molecular complexity index is 1000. The van der Waals surface area contributed by atoms with Crippen molar-refractivity contribution in [3.63, 3.8) is 0 Å². The molecular formula is C19H16BrClN2O2S. The number of hydrogen-bond donors (Lipinski definition) is 1. The molecule has 0 aliphatic heterocycles. The molecule has 0 aliphatic rings. The van der Waals surface area contributed by atoms with Crippen molar-refractivity contribution in [2.75, 3.05) is 18.9 Å². The monoisotopic (exact) mass is 450 g/mol. The summed E-state index contributed by atoms with van der Waals surface area (Å²) in [6.45, 7) is 1.85. The van der Waals surface area contributed by atoms with E-state index in [2.05, 4.69) is 21.2 Å². The number of likely N-dealkylation sites (N-methyl/N-ethyl adjacent to an activating group) is 1. The molecule has 0 radical (unpaired) electrons. The molecule has 0 saturated heterocycles. The molecule has 134 valence electrons. The van der Waals surface area contributed by atoms with Crippen LogP contribution in [0.4, 0.5) is 5.69 Å². The maximum absolute atomic E-state index is 12.7. The van der Waals surface area contributed by atoms with E-state index in [0.29, 0.717) is 9.90 Å². The topological polar surface area (TPSA) is 49.4 Å². The van der Waals surface area contributed by atoms with Gasteiger partial charge in [0.15, 0.2) is 0 Å². The number of fused-ring (bicyclic) bond motifs is 1. The molecule has 1 heterocycles. The molecular weight excluding hydrogens is 436 g/mol. The largest absolute Gasteiger partial charge is 0.332 e. The molecule has 1 N–H and O–H groups in total. The van der Waals surface area contributed by atoms with Crippen LogP contribution >= 0.6 is 38.9 Å². The molecule has 0 unspecified atom stereocenters. The van der Waals surface area contributed by atoms with Crippen LogP contribution in [0.5, 0.6) is 0 Å². The van der Waals surface area contributed by atoms with Crippen LogP contribution in [0, 0.1) is 6.92 Å². The van der Waals surface area contributed by atoms with Gasteiger partial charge in [-0.3, -0.25) is 9.59 Å². The van der Waals surface area contributed by atoms with Crippen molar-refractivity contribution in [2.24, 2.45) is 0 Å². The summed E-state index contributed by atoms with van der Waals surface area (Å²) >= 11 is 11.1. The van der Waals surface area contributed by atoms with E-state index in [1.807, 2.05) is 49.4 Å². The molecule has 3 rings (SSSR count). The molecule has 1 aromatic heterocycles. The number of amides is 2. The lowest BCUT2D eigenvalue weighted by atomic mass is 10.2. The Morgan fingerprint density at radius 3 is 2.65 bits per heavy atom. The number of rotatable bonds is 4. The van der Waals surface area contributed by atoms with Gasteiger partial charge < -0.3 is 10.2 Å². The second-order valence-electron chi connectivity index (χ2n) is 5.91.